The van der Waals surface area contributed by atoms with E-state index in [1.807, 2.05) is 51.1 Å². The minimum absolute atomic E-state index is 0.153. The van der Waals surface area contributed by atoms with Crippen LogP contribution in [-0.2, 0) is 19.6 Å². The van der Waals surface area contributed by atoms with Gasteiger partial charge in [-0.25, -0.2) is 8.42 Å². The predicted octanol–water partition coefficient (Wildman–Crippen LogP) is 3.48. The number of likely N-dealkylation sites (N-methyl/N-ethyl adjacent to an activating group) is 1. The second kappa shape index (κ2) is 9.65. The fraction of sp³-hybridized carbons (Fsp3) is 0.440. The maximum atomic E-state index is 13.5. The topological polar surface area (TPSA) is 86.8 Å². The Bertz CT molecular complexity index is 1150. The van der Waals surface area contributed by atoms with Crippen molar-refractivity contribution in [1.29, 1.82) is 0 Å². The molecule has 1 saturated heterocycles. The molecule has 0 radical (unpaired) electrons. The van der Waals surface area contributed by atoms with Crippen LogP contribution in [0.25, 0.3) is 0 Å². The third-order valence-electron chi connectivity index (χ3n) is 6.16. The molecule has 0 aliphatic carbocycles. The maximum absolute atomic E-state index is 13.5. The summed E-state index contributed by atoms with van der Waals surface area (Å²) in [6.07, 6.45) is 1.03. The number of sulfonamides is 1. The molecule has 0 aromatic heterocycles. The third-order valence-corrected chi connectivity index (χ3v) is 8.38. The summed E-state index contributed by atoms with van der Waals surface area (Å²) in [6, 6.07) is 8.62. The van der Waals surface area contributed by atoms with E-state index >= 15 is 0 Å². The Labute approximate surface area is 196 Å². The van der Waals surface area contributed by atoms with E-state index in [0.717, 1.165) is 22.4 Å². The highest BCUT2D eigenvalue weighted by Gasteiger charge is 2.41. The second-order valence-electron chi connectivity index (χ2n) is 9.01. The third kappa shape index (κ3) is 5.12. The molecule has 0 spiro atoms. The summed E-state index contributed by atoms with van der Waals surface area (Å²) in [4.78, 5) is 27.4. The highest BCUT2D eigenvalue weighted by atomic mass is 32.2. The molecule has 1 unspecified atom stereocenters. The van der Waals surface area contributed by atoms with Crippen LogP contribution in [0.4, 0.5) is 5.69 Å². The standard InChI is InChI=1S/C25H33N3O4S/c1-16-13-19(4)24(20(5)14-16)33(31,32)28-12-8-11-21(28)25(30)27(6)15-22(29)26-23-17(2)9-7-10-18(23)3/h7,9-10,13-14,21H,8,11-12,15H2,1-6H3,(H,26,29). The largest absolute Gasteiger partial charge is 0.335 e. The van der Waals surface area contributed by atoms with Crippen LogP contribution < -0.4 is 5.32 Å². The fourth-order valence-corrected chi connectivity index (χ4v) is 6.77. The first kappa shape index (κ1) is 24.9. The number of aryl methyl sites for hydroxylation is 5. The van der Waals surface area contributed by atoms with Crippen LogP contribution >= 0.6 is 0 Å². The second-order valence-corrected chi connectivity index (χ2v) is 10.8. The number of anilines is 1. The molecular formula is C25H33N3O4S. The van der Waals surface area contributed by atoms with Gasteiger partial charge in [-0.2, -0.15) is 4.31 Å². The van der Waals surface area contributed by atoms with Gasteiger partial charge in [-0.1, -0.05) is 35.9 Å². The SMILES string of the molecule is Cc1cc(C)c(S(=O)(=O)N2CCCC2C(=O)N(C)CC(=O)Nc2c(C)cccc2C)c(C)c1. The van der Waals surface area contributed by atoms with Gasteiger partial charge < -0.3 is 10.2 Å². The first-order valence-corrected chi connectivity index (χ1v) is 12.6. The van der Waals surface area contributed by atoms with Crippen molar-refractivity contribution in [2.24, 2.45) is 0 Å². The van der Waals surface area contributed by atoms with E-state index in [9.17, 15) is 18.0 Å². The smallest absolute Gasteiger partial charge is 0.244 e. The number of rotatable bonds is 6. The number of hydrogen-bond donors (Lipinski definition) is 1. The Morgan fingerprint density at radius 2 is 1.61 bits per heavy atom. The molecule has 2 amide bonds. The van der Waals surface area contributed by atoms with Crippen LogP contribution in [0.15, 0.2) is 35.2 Å². The van der Waals surface area contributed by atoms with Crippen LogP contribution in [0.5, 0.6) is 0 Å². The normalized spacial score (nSPS) is 16.6. The minimum Gasteiger partial charge on any atom is -0.335 e. The van der Waals surface area contributed by atoms with Gasteiger partial charge in [0.2, 0.25) is 21.8 Å². The molecular weight excluding hydrogens is 438 g/mol. The molecule has 7 nitrogen and oxygen atoms in total. The summed E-state index contributed by atoms with van der Waals surface area (Å²) in [6.45, 7) is 9.44. The molecule has 1 N–H and O–H groups in total. The Morgan fingerprint density at radius 3 is 2.18 bits per heavy atom. The molecule has 1 aliphatic rings. The molecule has 3 rings (SSSR count). The molecule has 2 aromatic rings. The van der Waals surface area contributed by atoms with Crippen molar-refractivity contribution in [2.75, 3.05) is 25.5 Å². The van der Waals surface area contributed by atoms with E-state index in [-0.39, 0.29) is 29.8 Å². The number of amides is 2. The summed E-state index contributed by atoms with van der Waals surface area (Å²) < 4.78 is 28.4. The van der Waals surface area contributed by atoms with Gasteiger partial charge in [-0.15, -0.1) is 0 Å². The molecule has 0 bridgehead atoms. The Hall–Kier alpha value is -2.71. The van der Waals surface area contributed by atoms with E-state index in [2.05, 4.69) is 5.32 Å². The van der Waals surface area contributed by atoms with Crippen molar-refractivity contribution in [1.82, 2.24) is 9.21 Å². The Morgan fingerprint density at radius 1 is 1.03 bits per heavy atom. The van der Waals surface area contributed by atoms with Crippen molar-refractivity contribution >= 4 is 27.5 Å². The summed E-state index contributed by atoms with van der Waals surface area (Å²) in [5.41, 5.74) is 4.95. The zero-order chi connectivity index (χ0) is 24.5. The molecule has 2 aromatic carbocycles. The minimum atomic E-state index is -3.85. The monoisotopic (exact) mass is 471 g/mol. The van der Waals surface area contributed by atoms with Gasteiger partial charge in [0.1, 0.15) is 6.04 Å². The van der Waals surface area contributed by atoms with Gasteiger partial charge in [0.05, 0.1) is 11.4 Å². The van der Waals surface area contributed by atoms with Crippen LogP contribution in [0.3, 0.4) is 0 Å². The van der Waals surface area contributed by atoms with Crippen molar-refractivity contribution in [3.05, 3.63) is 58.1 Å². The van der Waals surface area contributed by atoms with E-state index in [0.29, 0.717) is 24.0 Å². The van der Waals surface area contributed by atoms with Gasteiger partial charge in [-0.3, -0.25) is 9.59 Å². The lowest BCUT2D eigenvalue weighted by molar-refractivity contribution is -0.136. The first-order valence-electron chi connectivity index (χ1n) is 11.1. The average molecular weight is 472 g/mol. The molecule has 33 heavy (non-hydrogen) atoms. The molecule has 178 valence electrons. The molecule has 1 fully saturated rings. The van der Waals surface area contributed by atoms with Gasteiger partial charge in [0, 0.05) is 19.3 Å². The van der Waals surface area contributed by atoms with E-state index in [4.69, 9.17) is 0 Å². The summed E-state index contributed by atoms with van der Waals surface area (Å²) in [5.74, 6) is -0.684. The Kier molecular flexibility index (Phi) is 7.29. The molecule has 1 heterocycles. The number of carbonyl (C=O) groups is 2. The Balaban J connectivity index is 1.77. The lowest BCUT2D eigenvalue weighted by atomic mass is 10.1. The molecule has 0 saturated carbocycles. The molecule has 1 aliphatic heterocycles. The lowest BCUT2D eigenvalue weighted by Crippen LogP contribution is -2.48. The van der Waals surface area contributed by atoms with Crippen molar-refractivity contribution in [3.8, 4) is 0 Å². The molecule has 8 heteroatoms. The van der Waals surface area contributed by atoms with Crippen molar-refractivity contribution in [2.45, 2.75) is 58.4 Å². The van der Waals surface area contributed by atoms with Crippen LogP contribution in [0, 0.1) is 34.6 Å². The van der Waals surface area contributed by atoms with Crippen LogP contribution in [0.2, 0.25) is 0 Å². The number of nitrogens with one attached hydrogen (secondary N) is 1. The van der Waals surface area contributed by atoms with E-state index < -0.39 is 16.1 Å². The van der Waals surface area contributed by atoms with E-state index in [1.165, 1.54) is 16.3 Å². The predicted molar refractivity (Wildman–Crippen MR) is 130 cm³/mol. The summed E-state index contributed by atoms with van der Waals surface area (Å²) in [5, 5.41) is 2.88. The number of para-hydroxylation sites is 1. The van der Waals surface area contributed by atoms with Gasteiger partial charge >= 0.3 is 0 Å². The zero-order valence-corrected chi connectivity index (χ0v) is 21.0. The average Bonchev–Trinajstić information content (AvgIpc) is 3.20. The van der Waals surface area contributed by atoms with Crippen LogP contribution in [-0.4, -0.2) is 55.6 Å². The van der Waals surface area contributed by atoms with Crippen molar-refractivity contribution < 1.29 is 18.0 Å². The number of benzene rings is 2. The number of nitrogens with zero attached hydrogens (tertiary/aromatic N) is 2. The van der Waals surface area contributed by atoms with E-state index in [1.54, 1.807) is 13.8 Å². The van der Waals surface area contributed by atoms with Gasteiger partial charge in [-0.05, 0) is 69.7 Å². The number of carbonyl (C=O) groups excluding carboxylic acids is 2. The summed E-state index contributed by atoms with van der Waals surface area (Å²) >= 11 is 0. The van der Waals surface area contributed by atoms with Gasteiger partial charge in [0.15, 0.2) is 0 Å². The first-order chi connectivity index (χ1) is 15.4. The highest BCUT2D eigenvalue weighted by molar-refractivity contribution is 7.89. The lowest BCUT2D eigenvalue weighted by Gasteiger charge is -2.28. The zero-order valence-electron chi connectivity index (χ0n) is 20.2. The maximum Gasteiger partial charge on any atom is 0.244 e. The van der Waals surface area contributed by atoms with Crippen LogP contribution in [0.1, 0.15) is 40.7 Å². The van der Waals surface area contributed by atoms with Crippen molar-refractivity contribution in [3.63, 3.8) is 0 Å². The summed E-state index contributed by atoms with van der Waals surface area (Å²) in [7, 11) is -2.31. The number of hydrogen-bond acceptors (Lipinski definition) is 4. The van der Waals surface area contributed by atoms with Gasteiger partial charge in [0.25, 0.3) is 0 Å². The fourth-order valence-electron chi connectivity index (χ4n) is 4.70. The quantitative estimate of drug-likeness (QED) is 0.699. The molecule has 1 atom stereocenters. The highest BCUT2D eigenvalue weighted by Crippen LogP contribution is 2.31.